The molecule has 1 saturated carbocycles. The Hall–Kier alpha value is -4.15. The minimum atomic E-state index is -4.48. The fraction of sp³-hybridized carbons (Fsp3) is 0.357. The predicted molar refractivity (Wildman–Crippen MR) is 136 cm³/mol. The summed E-state index contributed by atoms with van der Waals surface area (Å²) in [7, 11) is 0. The number of amides is 1. The van der Waals surface area contributed by atoms with Crippen LogP contribution in [0.15, 0.2) is 48.7 Å². The highest BCUT2D eigenvalue weighted by Gasteiger charge is 2.33. The van der Waals surface area contributed by atoms with Gasteiger partial charge in [0.1, 0.15) is 18.1 Å². The molecular weight excluding hydrogens is 515 g/mol. The van der Waals surface area contributed by atoms with Gasteiger partial charge in [-0.25, -0.2) is 14.8 Å². The zero-order valence-electron chi connectivity index (χ0n) is 21.6. The molecule has 0 saturated heterocycles. The molecule has 1 heterocycles. The molecular formula is C28H28F3N3O5. The van der Waals surface area contributed by atoms with Crippen LogP contribution in [-0.2, 0) is 11.0 Å². The van der Waals surface area contributed by atoms with Crippen LogP contribution in [0.25, 0.3) is 11.4 Å². The first kappa shape index (κ1) is 27.9. The fourth-order valence-electron chi connectivity index (χ4n) is 3.79. The summed E-state index contributed by atoms with van der Waals surface area (Å²) in [5, 5.41) is 12.0. The maximum Gasteiger partial charge on any atom is 0.416 e. The molecule has 4 rings (SSSR count). The van der Waals surface area contributed by atoms with Gasteiger partial charge in [0.25, 0.3) is 5.91 Å². The van der Waals surface area contributed by atoms with E-state index in [2.05, 4.69) is 15.3 Å². The summed E-state index contributed by atoms with van der Waals surface area (Å²) < 4.78 is 50.6. The van der Waals surface area contributed by atoms with Gasteiger partial charge in [-0.2, -0.15) is 13.2 Å². The van der Waals surface area contributed by atoms with Crippen molar-refractivity contribution in [2.75, 3.05) is 13.2 Å². The van der Waals surface area contributed by atoms with Crippen molar-refractivity contribution in [3.63, 3.8) is 0 Å². The second-order valence-electron chi connectivity index (χ2n) is 9.79. The van der Waals surface area contributed by atoms with Gasteiger partial charge in [0.2, 0.25) is 0 Å². The quantitative estimate of drug-likeness (QED) is 0.330. The van der Waals surface area contributed by atoms with Crippen LogP contribution in [0.4, 0.5) is 13.2 Å². The molecule has 0 unspecified atom stereocenters. The second kappa shape index (κ2) is 10.9. The van der Waals surface area contributed by atoms with Crippen molar-refractivity contribution in [1.29, 1.82) is 0 Å². The van der Waals surface area contributed by atoms with Crippen molar-refractivity contribution in [3.05, 3.63) is 71.0 Å². The highest BCUT2D eigenvalue weighted by molar-refractivity contribution is 5.95. The summed E-state index contributed by atoms with van der Waals surface area (Å²) in [5.41, 5.74) is -0.452. The highest BCUT2D eigenvalue weighted by Crippen LogP contribution is 2.41. The van der Waals surface area contributed by atoms with E-state index in [1.807, 2.05) is 0 Å². The van der Waals surface area contributed by atoms with E-state index < -0.39 is 29.2 Å². The van der Waals surface area contributed by atoms with Gasteiger partial charge >= 0.3 is 12.1 Å². The number of nitrogens with zero attached hydrogens (tertiary/aromatic N) is 2. The maximum absolute atomic E-state index is 13.1. The van der Waals surface area contributed by atoms with Gasteiger partial charge in [-0.15, -0.1) is 0 Å². The molecule has 0 radical (unpaired) electrons. The van der Waals surface area contributed by atoms with Crippen molar-refractivity contribution in [2.45, 2.75) is 51.3 Å². The van der Waals surface area contributed by atoms with E-state index in [-0.39, 0.29) is 36.0 Å². The number of carbonyl (C=O) groups is 2. The van der Waals surface area contributed by atoms with Gasteiger partial charge < -0.3 is 19.9 Å². The van der Waals surface area contributed by atoms with E-state index in [0.29, 0.717) is 22.8 Å². The molecule has 0 aliphatic heterocycles. The number of alkyl halides is 3. The maximum atomic E-state index is 13.1. The lowest BCUT2D eigenvalue weighted by Gasteiger charge is -2.23. The summed E-state index contributed by atoms with van der Waals surface area (Å²) in [6, 6.07) is 9.77. The molecule has 1 aliphatic rings. The number of nitrogens with one attached hydrogen (secondary N) is 1. The highest BCUT2D eigenvalue weighted by atomic mass is 19.4. The molecule has 8 nitrogen and oxygen atoms in total. The number of aryl methyl sites for hydroxylation is 1. The van der Waals surface area contributed by atoms with E-state index in [9.17, 15) is 27.9 Å². The number of benzene rings is 2. The summed E-state index contributed by atoms with van der Waals surface area (Å²) in [4.78, 5) is 32.8. The van der Waals surface area contributed by atoms with E-state index >= 15 is 0 Å². The molecule has 0 atom stereocenters. The lowest BCUT2D eigenvalue weighted by molar-refractivity contribution is -0.152. The summed E-state index contributed by atoms with van der Waals surface area (Å²) >= 11 is 0. The lowest BCUT2D eigenvalue weighted by atomic mass is 10.1. The summed E-state index contributed by atoms with van der Waals surface area (Å²) in [6.07, 6.45) is -1.45. The van der Waals surface area contributed by atoms with E-state index in [0.717, 1.165) is 25.0 Å². The topological polar surface area (TPSA) is 111 Å². The first-order chi connectivity index (χ1) is 18.3. The largest absolute Gasteiger partial charge is 0.492 e. The Balaban J connectivity index is 1.37. The number of rotatable bonds is 10. The van der Waals surface area contributed by atoms with E-state index in [4.69, 9.17) is 9.47 Å². The third-order valence-corrected chi connectivity index (χ3v) is 6.16. The number of carbonyl (C=O) groups excluding carboxylic acids is 1. The van der Waals surface area contributed by atoms with Gasteiger partial charge in [0.15, 0.2) is 11.4 Å². The average molecular weight is 544 g/mol. The van der Waals surface area contributed by atoms with E-state index in [1.54, 1.807) is 25.1 Å². The normalized spacial score (nSPS) is 13.6. The average Bonchev–Trinajstić information content (AvgIpc) is 3.73. The van der Waals surface area contributed by atoms with Crippen LogP contribution in [0.3, 0.4) is 0 Å². The lowest BCUT2D eigenvalue weighted by Crippen LogP contribution is -2.38. The number of carboxylic acid groups (broad SMARTS) is 1. The smallest absolute Gasteiger partial charge is 0.416 e. The molecule has 2 aromatic carbocycles. The van der Waals surface area contributed by atoms with Gasteiger partial charge in [0, 0.05) is 17.7 Å². The Bertz CT molecular complexity index is 1390. The minimum Gasteiger partial charge on any atom is -0.492 e. The third-order valence-electron chi connectivity index (χ3n) is 6.16. The van der Waals surface area contributed by atoms with Gasteiger partial charge in [-0.3, -0.25) is 4.79 Å². The Morgan fingerprint density at radius 2 is 1.87 bits per heavy atom. The predicted octanol–water partition coefficient (Wildman–Crippen LogP) is 5.40. The molecule has 1 amide bonds. The molecule has 1 fully saturated rings. The van der Waals surface area contributed by atoms with Crippen LogP contribution >= 0.6 is 0 Å². The Morgan fingerprint density at radius 3 is 2.51 bits per heavy atom. The first-order valence-electron chi connectivity index (χ1n) is 12.3. The number of hydrogen-bond acceptors (Lipinski definition) is 6. The molecule has 0 bridgehead atoms. The zero-order chi connectivity index (χ0) is 28.4. The zero-order valence-corrected chi connectivity index (χ0v) is 21.6. The number of hydrogen-bond donors (Lipinski definition) is 2. The van der Waals surface area contributed by atoms with Crippen LogP contribution in [0, 0.1) is 6.92 Å². The molecule has 206 valence electrons. The molecule has 2 N–H and O–H groups in total. The molecule has 0 spiro atoms. The number of aliphatic carboxylic acids is 1. The van der Waals surface area contributed by atoms with Gasteiger partial charge in [-0.05, 0) is 69.5 Å². The van der Waals surface area contributed by atoms with Crippen LogP contribution in [0.2, 0.25) is 0 Å². The number of ether oxygens (including phenoxy) is 2. The fourth-order valence-corrected chi connectivity index (χ4v) is 3.79. The molecule has 1 aliphatic carbocycles. The molecule has 1 aromatic heterocycles. The summed E-state index contributed by atoms with van der Waals surface area (Å²) in [5.74, 6) is -0.342. The Morgan fingerprint density at radius 1 is 1.13 bits per heavy atom. The van der Waals surface area contributed by atoms with Gasteiger partial charge in [0.05, 0.1) is 23.4 Å². The third kappa shape index (κ3) is 6.84. The standard InChI is InChI=1S/C28H28F3N3O5/c1-16-13-20(9-10-22(16)39-27(2,3)26(36)37)38-12-11-32-25(35)21-15-33-24(34-23(21)17-7-8-17)18-5-4-6-19(14-18)28(29,30)31/h4-6,9-10,13-15,17H,7-8,11-12H2,1-3H3,(H,32,35)(H,36,37). The van der Waals surface area contributed by atoms with Crippen LogP contribution in [-0.4, -0.2) is 45.7 Å². The van der Waals surface area contributed by atoms with Gasteiger partial charge in [-0.1, -0.05) is 12.1 Å². The van der Waals surface area contributed by atoms with Crippen molar-refractivity contribution in [2.24, 2.45) is 0 Å². The van der Waals surface area contributed by atoms with Crippen LogP contribution < -0.4 is 14.8 Å². The van der Waals surface area contributed by atoms with Crippen LogP contribution in [0.1, 0.15) is 59.8 Å². The second-order valence-corrected chi connectivity index (χ2v) is 9.79. The number of carboxylic acids is 1. The molecule has 39 heavy (non-hydrogen) atoms. The Kier molecular flexibility index (Phi) is 7.80. The first-order valence-corrected chi connectivity index (χ1v) is 12.3. The molecule has 11 heteroatoms. The number of halogens is 3. The SMILES string of the molecule is Cc1cc(OCCNC(=O)c2cnc(-c3cccc(C(F)(F)F)c3)nc2C2CC2)ccc1OC(C)(C)C(=O)O. The van der Waals surface area contributed by atoms with Crippen LogP contribution in [0.5, 0.6) is 11.5 Å². The minimum absolute atomic E-state index is 0.0596. The van der Waals surface area contributed by atoms with E-state index in [1.165, 1.54) is 32.2 Å². The number of aromatic nitrogens is 2. The monoisotopic (exact) mass is 543 g/mol. The van der Waals surface area contributed by atoms with Crippen molar-refractivity contribution in [3.8, 4) is 22.9 Å². The molecule has 3 aromatic rings. The van der Waals surface area contributed by atoms with Crippen molar-refractivity contribution < 1.29 is 37.3 Å². The summed E-state index contributed by atoms with van der Waals surface area (Å²) in [6.45, 7) is 5.03. The van der Waals surface area contributed by atoms with Crippen molar-refractivity contribution in [1.82, 2.24) is 15.3 Å². The van der Waals surface area contributed by atoms with Crippen molar-refractivity contribution >= 4 is 11.9 Å². The Labute approximate surface area is 223 Å².